The number of aromatic nitrogens is 2. The van der Waals surface area contributed by atoms with Gasteiger partial charge in [0.25, 0.3) is 11.8 Å². The van der Waals surface area contributed by atoms with Crippen LogP contribution in [0.4, 0.5) is 0 Å². The third-order valence-corrected chi connectivity index (χ3v) is 5.15. The third kappa shape index (κ3) is 2.88. The lowest BCUT2D eigenvalue weighted by Gasteiger charge is -2.13. The number of carbonyl (C=O) groups excluding carboxylic acids is 2. The van der Waals surface area contributed by atoms with Crippen LogP contribution < -0.4 is 5.73 Å². The van der Waals surface area contributed by atoms with Gasteiger partial charge in [0.1, 0.15) is 0 Å². The van der Waals surface area contributed by atoms with E-state index in [2.05, 4.69) is 16.8 Å². The van der Waals surface area contributed by atoms with Crippen LogP contribution in [0.1, 0.15) is 34.7 Å². The van der Waals surface area contributed by atoms with Crippen molar-refractivity contribution in [2.75, 3.05) is 13.6 Å². The second-order valence-corrected chi connectivity index (χ2v) is 7.02. The zero-order valence-corrected chi connectivity index (χ0v) is 15.0. The van der Waals surface area contributed by atoms with Gasteiger partial charge < -0.3 is 20.3 Å². The Morgan fingerprint density at radius 2 is 2.19 bits per heavy atom. The number of amides is 2. The summed E-state index contributed by atoms with van der Waals surface area (Å²) >= 11 is 0. The van der Waals surface area contributed by atoms with E-state index < -0.39 is 11.5 Å². The van der Waals surface area contributed by atoms with Crippen molar-refractivity contribution in [3.63, 3.8) is 0 Å². The number of nitrogens with zero attached hydrogens (tertiary/aromatic N) is 3. The van der Waals surface area contributed by atoms with Crippen molar-refractivity contribution < 1.29 is 14.7 Å². The standard InChI is InChI=1S/C20H20N4O3/c1-23-11-9-20(27,19(23)26)8-7-13-4-2-5-14(12-13)16-15-6-3-10-24(15)18(22-16)17(21)25/h2,4-5,12,27H,3,6,9-11H2,1H3,(H2,21,25)/t20-/m0/s1. The molecule has 1 saturated heterocycles. The average Bonchev–Trinajstić information content (AvgIpc) is 3.32. The molecule has 2 aromatic rings. The van der Waals surface area contributed by atoms with Crippen LogP contribution in [0.5, 0.6) is 0 Å². The zero-order valence-electron chi connectivity index (χ0n) is 15.0. The first-order chi connectivity index (χ1) is 12.9. The molecule has 138 valence electrons. The number of primary amides is 1. The molecule has 0 aliphatic carbocycles. The Balaban J connectivity index is 1.70. The minimum absolute atomic E-state index is 0.280. The van der Waals surface area contributed by atoms with E-state index in [1.54, 1.807) is 7.05 Å². The normalized spacial score (nSPS) is 21.1. The van der Waals surface area contributed by atoms with Gasteiger partial charge in [-0.25, -0.2) is 4.98 Å². The summed E-state index contributed by atoms with van der Waals surface area (Å²) in [6, 6.07) is 7.41. The quantitative estimate of drug-likeness (QED) is 0.760. The molecular formula is C20H20N4O3. The van der Waals surface area contributed by atoms with Crippen molar-refractivity contribution in [3.8, 4) is 23.1 Å². The number of imidazole rings is 1. The summed E-state index contributed by atoms with van der Waals surface area (Å²) in [5, 5.41) is 10.4. The maximum absolute atomic E-state index is 12.0. The van der Waals surface area contributed by atoms with Crippen molar-refractivity contribution in [2.45, 2.75) is 31.4 Å². The van der Waals surface area contributed by atoms with Gasteiger partial charge in [-0.2, -0.15) is 0 Å². The Kier molecular flexibility index (Phi) is 4.01. The molecule has 1 fully saturated rings. The summed E-state index contributed by atoms with van der Waals surface area (Å²) in [6.07, 6.45) is 2.09. The van der Waals surface area contributed by atoms with E-state index in [0.29, 0.717) is 18.5 Å². The minimum Gasteiger partial charge on any atom is -0.369 e. The number of hydrogen-bond acceptors (Lipinski definition) is 4. The summed E-state index contributed by atoms with van der Waals surface area (Å²) in [5.74, 6) is 5.01. The molecule has 2 amide bonds. The predicted octanol–water partition coefficient (Wildman–Crippen LogP) is 0.540. The van der Waals surface area contributed by atoms with Crippen molar-refractivity contribution in [1.29, 1.82) is 0 Å². The van der Waals surface area contributed by atoms with Gasteiger partial charge in [0.2, 0.25) is 5.60 Å². The highest BCUT2D eigenvalue weighted by molar-refractivity contribution is 5.91. The fourth-order valence-corrected chi connectivity index (χ4v) is 3.69. The fraction of sp³-hybridized carbons (Fsp3) is 0.350. The summed E-state index contributed by atoms with van der Waals surface area (Å²) in [6.45, 7) is 1.23. The first-order valence-electron chi connectivity index (χ1n) is 8.90. The van der Waals surface area contributed by atoms with Crippen molar-refractivity contribution in [2.24, 2.45) is 5.73 Å². The first-order valence-corrected chi connectivity index (χ1v) is 8.90. The third-order valence-electron chi connectivity index (χ3n) is 5.15. The van der Waals surface area contributed by atoms with E-state index >= 15 is 0 Å². The topological polar surface area (TPSA) is 101 Å². The van der Waals surface area contributed by atoms with Gasteiger partial charge in [0.05, 0.1) is 5.69 Å². The van der Waals surface area contributed by atoms with Crippen molar-refractivity contribution >= 4 is 11.8 Å². The van der Waals surface area contributed by atoms with Crippen LogP contribution in [0.25, 0.3) is 11.3 Å². The largest absolute Gasteiger partial charge is 0.369 e. The summed E-state index contributed by atoms with van der Waals surface area (Å²) in [4.78, 5) is 29.6. The van der Waals surface area contributed by atoms with Crippen molar-refractivity contribution in [1.82, 2.24) is 14.5 Å². The molecule has 27 heavy (non-hydrogen) atoms. The van der Waals surface area contributed by atoms with Crippen LogP contribution in [0, 0.1) is 11.8 Å². The number of likely N-dealkylation sites (tertiary alicyclic amines) is 1. The number of hydrogen-bond donors (Lipinski definition) is 2. The molecule has 3 heterocycles. The Morgan fingerprint density at radius 1 is 1.37 bits per heavy atom. The van der Waals surface area contributed by atoms with E-state index in [-0.39, 0.29) is 11.7 Å². The van der Waals surface area contributed by atoms with Gasteiger partial charge in [0.15, 0.2) is 5.82 Å². The molecule has 1 aromatic carbocycles. The van der Waals surface area contributed by atoms with Crippen LogP contribution in [0.2, 0.25) is 0 Å². The maximum Gasteiger partial charge on any atom is 0.284 e. The molecule has 2 aliphatic heterocycles. The van der Waals surface area contributed by atoms with E-state index in [1.807, 2.05) is 28.8 Å². The molecule has 0 bridgehead atoms. The molecule has 0 radical (unpaired) electrons. The number of aliphatic hydroxyl groups is 1. The van der Waals surface area contributed by atoms with Gasteiger partial charge in [-0.3, -0.25) is 9.59 Å². The van der Waals surface area contributed by atoms with E-state index in [1.165, 1.54) is 4.90 Å². The number of fused-ring (bicyclic) bond motifs is 1. The second-order valence-electron chi connectivity index (χ2n) is 7.02. The van der Waals surface area contributed by atoms with Gasteiger partial charge in [-0.05, 0) is 25.0 Å². The van der Waals surface area contributed by atoms with Crippen LogP contribution in [-0.2, 0) is 17.8 Å². The second kappa shape index (κ2) is 6.25. The summed E-state index contributed by atoms with van der Waals surface area (Å²) < 4.78 is 1.88. The first kappa shape index (κ1) is 17.3. The molecule has 0 spiro atoms. The highest BCUT2D eigenvalue weighted by Gasteiger charge is 2.42. The highest BCUT2D eigenvalue weighted by atomic mass is 16.3. The summed E-state index contributed by atoms with van der Waals surface area (Å²) in [5.41, 5.74) is 7.07. The number of carbonyl (C=O) groups is 2. The molecule has 7 nitrogen and oxygen atoms in total. The maximum atomic E-state index is 12.0. The van der Waals surface area contributed by atoms with Crippen LogP contribution in [0.15, 0.2) is 24.3 Å². The fourth-order valence-electron chi connectivity index (χ4n) is 3.69. The van der Waals surface area contributed by atoms with Gasteiger partial charge >= 0.3 is 0 Å². The molecular weight excluding hydrogens is 344 g/mol. The van der Waals surface area contributed by atoms with Crippen LogP contribution in [0.3, 0.4) is 0 Å². The Hall–Kier alpha value is -3.11. The van der Waals surface area contributed by atoms with Gasteiger partial charge in [0, 0.05) is 43.4 Å². The average molecular weight is 364 g/mol. The van der Waals surface area contributed by atoms with E-state index in [0.717, 1.165) is 36.3 Å². The van der Waals surface area contributed by atoms with Crippen LogP contribution >= 0.6 is 0 Å². The molecule has 2 aliphatic rings. The SMILES string of the molecule is CN1CC[C@@](O)(C#Cc2cccc(-c3nc(C(N)=O)n4c3CCC4)c2)C1=O. The molecule has 4 rings (SSSR count). The molecule has 0 saturated carbocycles. The molecule has 0 unspecified atom stereocenters. The lowest BCUT2D eigenvalue weighted by atomic mass is 10.0. The smallest absolute Gasteiger partial charge is 0.284 e. The Labute approximate surface area is 156 Å². The predicted molar refractivity (Wildman–Crippen MR) is 98.6 cm³/mol. The lowest BCUT2D eigenvalue weighted by molar-refractivity contribution is -0.137. The number of benzene rings is 1. The Morgan fingerprint density at radius 3 is 2.89 bits per heavy atom. The van der Waals surface area contributed by atoms with E-state index in [9.17, 15) is 14.7 Å². The number of rotatable bonds is 2. The minimum atomic E-state index is -1.63. The molecule has 1 atom stereocenters. The lowest BCUT2D eigenvalue weighted by Crippen LogP contribution is -2.37. The van der Waals surface area contributed by atoms with Crippen LogP contribution in [-0.4, -0.2) is 50.6 Å². The Bertz CT molecular complexity index is 1010. The molecule has 3 N–H and O–H groups in total. The van der Waals surface area contributed by atoms with Gasteiger partial charge in [-0.1, -0.05) is 24.0 Å². The molecule has 7 heteroatoms. The highest BCUT2D eigenvalue weighted by Crippen LogP contribution is 2.30. The summed E-state index contributed by atoms with van der Waals surface area (Å²) in [7, 11) is 1.65. The number of likely N-dealkylation sites (N-methyl/N-ethyl adjacent to an activating group) is 1. The zero-order chi connectivity index (χ0) is 19.2. The monoisotopic (exact) mass is 364 g/mol. The van der Waals surface area contributed by atoms with Gasteiger partial charge in [-0.15, -0.1) is 0 Å². The van der Waals surface area contributed by atoms with Crippen molar-refractivity contribution in [3.05, 3.63) is 41.3 Å². The number of nitrogens with two attached hydrogens (primary N) is 1. The molecule has 1 aromatic heterocycles. The van der Waals surface area contributed by atoms with E-state index in [4.69, 9.17) is 5.73 Å².